The third kappa shape index (κ3) is 2.83. The molecule has 0 aliphatic carbocycles. The van der Waals surface area contributed by atoms with E-state index in [1.807, 2.05) is 0 Å². The number of hydrogen-bond donors (Lipinski definition) is 2. The fourth-order valence-electron chi connectivity index (χ4n) is 1.62. The second kappa shape index (κ2) is 5.38. The molecule has 0 saturated carbocycles. The molecule has 1 aromatic carbocycles. The summed E-state index contributed by atoms with van der Waals surface area (Å²) in [5, 5.41) is 2.76. The van der Waals surface area contributed by atoms with Gasteiger partial charge in [0.25, 0.3) is 5.91 Å². The summed E-state index contributed by atoms with van der Waals surface area (Å²) in [6.07, 6.45) is 0. The highest BCUT2D eigenvalue weighted by molar-refractivity contribution is 7.20. The average molecular weight is 296 g/mol. The monoisotopic (exact) mass is 296 g/mol. The quantitative estimate of drug-likeness (QED) is 0.914. The molecule has 0 atom stereocenters. The molecule has 0 spiro atoms. The van der Waals surface area contributed by atoms with Crippen LogP contribution in [0, 0.1) is 11.6 Å². The van der Waals surface area contributed by atoms with Crippen LogP contribution in [0.3, 0.4) is 0 Å². The molecular weight excluding hydrogens is 286 g/mol. The summed E-state index contributed by atoms with van der Waals surface area (Å²) >= 11 is 1.06. The number of carbonyl (C=O) groups excluding carboxylic acids is 2. The van der Waals surface area contributed by atoms with Crippen molar-refractivity contribution in [3.63, 3.8) is 0 Å². The second-order valence-electron chi connectivity index (χ2n) is 4.03. The van der Waals surface area contributed by atoms with E-state index in [0.717, 1.165) is 23.5 Å². The maximum Gasteiger partial charge on any atom is 0.251 e. The van der Waals surface area contributed by atoms with Gasteiger partial charge in [-0.2, -0.15) is 0 Å². The normalized spacial score (nSPS) is 10.3. The minimum atomic E-state index is -0.988. The van der Waals surface area contributed by atoms with E-state index < -0.39 is 17.5 Å². The molecule has 0 unspecified atom stereocenters. The van der Waals surface area contributed by atoms with E-state index >= 15 is 0 Å². The van der Waals surface area contributed by atoms with Gasteiger partial charge in [0, 0.05) is 11.8 Å². The smallest absolute Gasteiger partial charge is 0.251 e. The molecule has 7 heteroatoms. The SMILES string of the molecule is CC(=O)Nc1sc(-c2ccc(F)c(F)c2)cc1C(N)=O. The van der Waals surface area contributed by atoms with Gasteiger partial charge in [-0.05, 0) is 23.8 Å². The van der Waals surface area contributed by atoms with Crippen LogP contribution in [0.1, 0.15) is 17.3 Å². The van der Waals surface area contributed by atoms with Crippen molar-refractivity contribution in [2.45, 2.75) is 6.92 Å². The van der Waals surface area contributed by atoms with E-state index in [0.29, 0.717) is 10.4 Å². The van der Waals surface area contributed by atoms with E-state index in [1.165, 1.54) is 19.1 Å². The predicted molar refractivity (Wildman–Crippen MR) is 72.5 cm³/mol. The number of anilines is 1. The number of amides is 2. The molecule has 0 bridgehead atoms. The number of halogens is 2. The lowest BCUT2D eigenvalue weighted by Crippen LogP contribution is -2.14. The zero-order chi connectivity index (χ0) is 14.9. The molecule has 20 heavy (non-hydrogen) atoms. The third-order valence-corrected chi connectivity index (χ3v) is 3.59. The Morgan fingerprint density at radius 2 is 1.90 bits per heavy atom. The minimum absolute atomic E-state index is 0.130. The first-order chi connectivity index (χ1) is 9.38. The zero-order valence-electron chi connectivity index (χ0n) is 10.4. The van der Waals surface area contributed by atoms with Crippen molar-refractivity contribution in [3.8, 4) is 10.4 Å². The van der Waals surface area contributed by atoms with Gasteiger partial charge in [0.05, 0.1) is 5.56 Å². The van der Waals surface area contributed by atoms with Crippen LogP contribution >= 0.6 is 11.3 Å². The van der Waals surface area contributed by atoms with Crippen molar-refractivity contribution in [1.29, 1.82) is 0 Å². The summed E-state index contributed by atoms with van der Waals surface area (Å²) in [6.45, 7) is 1.29. The Morgan fingerprint density at radius 1 is 1.20 bits per heavy atom. The van der Waals surface area contributed by atoms with Gasteiger partial charge in [-0.15, -0.1) is 11.3 Å². The van der Waals surface area contributed by atoms with Crippen molar-refractivity contribution in [2.24, 2.45) is 5.73 Å². The second-order valence-corrected chi connectivity index (χ2v) is 5.08. The van der Waals surface area contributed by atoms with Gasteiger partial charge in [-0.1, -0.05) is 6.07 Å². The molecule has 1 aromatic heterocycles. The Kier molecular flexibility index (Phi) is 3.80. The van der Waals surface area contributed by atoms with Crippen LogP contribution in [0.5, 0.6) is 0 Å². The molecule has 0 aliphatic rings. The van der Waals surface area contributed by atoms with Crippen LogP contribution < -0.4 is 11.1 Å². The molecule has 1 heterocycles. The maximum absolute atomic E-state index is 13.2. The number of nitrogens with one attached hydrogen (secondary N) is 1. The molecule has 2 amide bonds. The predicted octanol–water partition coefficient (Wildman–Crippen LogP) is 2.75. The van der Waals surface area contributed by atoms with Crippen molar-refractivity contribution in [2.75, 3.05) is 5.32 Å². The summed E-state index contributed by atoms with van der Waals surface area (Å²) in [6, 6.07) is 4.83. The van der Waals surface area contributed by atoms with Crippen LogP contribution in [0.15, 0.2) is 24.3 Å². The Balaban J connectivity index is 2.49. The molecule has 0 aliphatic heterocycles. The lowest BCUT2D eigenvalue weighted by Gasteiger charge is -1.99. The summed E-state index contributed by atoms with van der Waals surface area (Å²) in [5.74, 6) is -3.01. The van der Waals surface area contributed by atoms with E-state index in [9.17, 15) is 18.4 Å². The molecule has 0 saturated heterocycles. The Bertz CT molecular complexity index is 698. The molecule has 3 N–H and O–H groups in total. The summed E-state index contributed by atoms with van der Waals surface area (Å²) in [7, 11) is 0. The Hall–Kier alpha value is -2.28. The number of nitrogens with two attached hydrogens (primary N) is 1. The van der Waals surface area contributed by atoms with Gasteiger partial charge >= 0.3 is 0 Å². The lowest BCUT2D eigenvalue weighted by molar-refractivity contribution is -0.114. The van der Waals surface area contributed by atoms with Gasteiger partial charge in [0.1, 0.15) is 5.00 Å². The summed E-state index contributed by atoms with van der Waals surface area (Å²) < 4.78 is 26.1. The molecule has 2 aromatic rings. The zero-order valence-corrected chi connectivity index (χ0v) is 11.2. The number of carbonyl (C=O) groups is 2. The van der Waals surface area contributed by atoms with Crippen molar-refractivity contribution in [3.05, 3.63) is 41.5 Å². The van der Waals surface area contributed by atoms with Gasteiger partial charge in [0.15, 0.2) is 11.6 Å². The maximum atomic E-state index is 13.2. The first-order valence-corrected chi connectivity index (χ1v) is 6.37. The topological polar surface area (TPSA) is 72.2 Å². The minimum Gasteiger partial charge on any atom is -0.366 e. The summed E-state index contributed by atoms with van der Waals surface area (Å²) in [4.78, 5) is 22.9. The van der Waals surface area contributed by atoms with Crippen LogP contribution in [0.25, 0.3) is 10.4 Å². The highest BCUT2D eigenvalue weighted by Crippen LogP contribution is 2.35. The Labute approximate surface area is 117 Å². The van der Waals surface area contributed by atoms with Crippen molar-refractivity contribution in [1.82, 2.24) is 0 Å². The molecule has 4 nitrogen and oxygen atoms in total. The molecular formula is C13H10F2N2O2S. The van der Waals surface area contributed by atoms with Gasteiger partial charge in [0.2, 0.25) is 5.91 Å². The Morgan fingerprint density at radius 3 is 2.45 bits per heavy atom. The number of thiophene rings is 1. The van der Waals surface area contributed by atoms with Crippen LogP contribution in [-0.4, -0.2) is 11.8 Å². The number of hydrogen-bond acceptors (Lipinski definition) is 3. The van der Waals surface area contributed by atoms with Gasteiger partial charge < -0.3 is 11.1 Å². The largest absolute Gasteiger partial charge is 0.366 e. The third-order valence-electron chi connectivity index (χ3n) is 2.49. The average Bonchev–Trinajstić information content (AvgIpc) is 2.76. The molecule has 0 fully saturated rings. The fourth-order valence-corrected chi connectivity index (χ4v) is 2.72. The first kappa shape index (κ1) is 14.1. The number of rotatable bonds is 3. The lowest BCUT2D eigenvalue weighted by atomic mass is 10.1. The molecule has 0 radical (unpaired) electrons. The summed E-state index contributed by atoms with van der Waals surface area (Å²) in [5.41, 5.74) is 5.74. The van der Waals surface area contributed by atoms with E-state index in [4.69, 9.17) is 5.73 Å². The number of benzene rings is 1. The number of primary amides is 1. The highest BCUT2D eigenvalue weighted by Gasteiger charge is 2.16. The van der Waals surface area contributed by atoms with Crippen LogP contribution in [0.2, 0.25) is 0 Å². The van der Waals surface area contributed by atoms with Crippen molar-refractivity contribution >= 4 is 28.2 Å². The van der Waals surface area contributed by atoms with Crippen molar-refractivity contribution < 1.29 is 18.4 Å². The van der Waals surface area contributed by atoms with E-state index in [1.54, 1.807) is 0 Å². The fraction of sp³-hybridized carbons (Fsp3) is 0.0769. The highest BCUT2D eigenvalue weighted by atomic mass is 32.1. The molecule has 2 rings (SSSR count). The van der Waals surface area contributed by atoms with Gasteiger partial charge in [-0.25, -0.2) is 8.78 Å². The van der Waals surface area contributed by atoms with E-state index in [2.05, 4.69) is 5.32 Å². The standard InChI is InChI=1S/C13H10F2N2O2S/c1-6(18)17-13-8(12(16)19)5-11(20-13)7-2-3-9(14)10(15)4-7/h2-5H,1H3,(H2,16,19)(H,17,18). The van der Waals surface area contributed by atoms with Crippen LogP contribution in [-0.2, 0) is 4.79 Å². The van der Waals surface area contributed by atoms with Gasteiger partial charge in [-0.3, -0.25) is 9.59 Å². The van der Waals surface area contributed by atoms with E-state index in [-0.39, 0.29) is 16.5 Å². The van der Waals surface area contributed by atoms with Crippen LogP contribution in [0.4, 0.5) is 13.8 Å². The molecule has 104 valence electrons. The first-order valence-electron chi connectivity index (χ1n) is 5.55.